The van der Waals surface area contributed by atoms with Gasteiger partial charge in [-0.3, -0.25) is 10.1 Å². The summed E-state index contributed by atoms with van der Waals surface area (Å²) in [6.45, 7) is 1.91. The molecule has 0 unspecified atom stereocenters. The first-order valence-corrected chi connectivity index (χ1v) is 6.36. The molecule has 1 aliphatic rings. The van der Waals surface area contributed by atoms with Gasteiger partial charge in [-0.25, -0.2) is 0 Å². The van der Waals surface area contributed by atoms with E-state index in [0.717, 1.165) is 37.2 Å². The number of nitrogens with one attached hydrogen (secondary N) is 1. The second-order valence-electron chi connectivity index (χ2n) is 4.46. The van der Waals surface area contributed by atoms with Gasteiger partial charge in [-0.05, 0) is 44.1 Å². The molecule has 8 nitrogen and oxygen atoms in total. The van der Waals surface area contributed by atoms with Gasteiger partial charge < -0.3 is 25.1 Å². The molecule has 0 saturated carbocycles. The molecule has 0 aromatic heterocycles. The van der Waals surface area contributed by atoms with Crippen molar-refractivity contribution in [2.75, 3.05) is 20.2 Å². The normalized spacial score (nSPS) is 13.4. The maximum absolute atomic E-state index is 10.8. The zero-order valence-electron chi connectivity index (χ0n) is 13.5. The molecule has 1 aliphatic heterocycles. The zero-order chi connectivity index (χ0) is 15.8. The minimum atomic E-state index is -2.33. The number of nitro benzene ring substituents is 1. The summed E-state index contributed by atoms with van der Waals surface area (Å²) in [6.07, 6.45) is -0.338. The van der Waals surface area contributed by atoms with Gasteiger partial charge in [0.1, 0.15) is 5.75 Å². The van der Waals surface area contributed by atoms with E-state index >= 15 is 0 Å². The minimum Gasteiger partial charge on any atom is -0.652 e. The van der Waals surface area contributed by atoms with Crippen LogP contribution < -0.4 is 123 Å². The van der Waals surface area contributed by atoms with E-state index in [1.54, 1.807) is 19.2 Å². The van der Waals surface area contributed by atoms with Gasteiger partial charge in [0.2, 0.25) is 0 Å². The Morgan fingerprint density at radius 3 is 2.22 bits per heavy atom. The van der Waals surface area contributed by atoms with Gasteiger partial charge in [0.25, 0.3) is 5.69 Å². The number of hydrogen-bond acceptors (Lipinski definition) is 7. The van der Waals surface area contributed by atoms with Crippen LogP contribution in [0.4, 0.5) is 10.5 Å². The van der Waals surface area contributed by atoms with Gasteiger partial charge in [-0.2, -0.15) is 0 Å². The standard InChI is InChI=1S/C12H16N2O3.CH2O3.2K/c1-17-12-3-2-10(14(15)16)8-11(12)9-4-6-13-7-5-9;2-1(3)4;;/h2-3,8-9,13H,4-7H2,1H3;(H2,2,3,4);;/q;;2*+1/p-2. The number of nitro groups is 1. The molecule has 1 heterocycles. The summed E-state index contributed by atoms with van der Waals surface area (Å²) >= 11 is 0. The first-order chi connectivity index (χ1) is 9.95. The summed E-state index contributed by atoms with van der Waals surface area (Å²) in [6, 6.07) is 4.83. The van der Waals surface area contributed by atoms with Crippen molar-refractivity contribution in [3.05, 3.63) is 33.9 Å². The Morgan fingerprint density at radius 2 is 1.78 bits per heavy atom. The van der Waals surface area contributed by atoms with Crippen molar-refractivity contribution >= 4 is 11.8 Å². The number of methoxy groups -OCH3 is 1. The predicted octanol–water partition coefficient (Wildman–Crippen LogP) is -6.37. The molecule has 0 atom stereocenters. The molecule has 1 aromatic carbocycles. The first-order valence-electron chi connectivity index (χ1n) is 6.36. The Morgan fingerprint density at radius 1 is 1.26 bits per heavy atom. The number of carboxylic acid groups (broad SMARTS) is 2. The summed E-state index contributed by atoms with van der Waals surface area (Å²) in [5.41, 5.74) is 1.10. The van der Waals surface area contributed by atoms with Crippen LogP contribution in [0.15, 0.2) is 18.2 Å². The monoisotopic (exact) mass is 374 g/mol. The average Bonchev–Trinajstić information content (AvgIpc) is 2.47. The molecule has 0 radical (unpaired) electrons. The molecule has 0 bridgehead atoms. The fourth-order valence-electron chi connectivity index (χ4n) is 2.29. The fraction of sp³-hybridized carbons (Fsp3) is 0.462. The van der Waals surface area contributed by atoms with E-state index in [2.05, 4.69) is 5.32 Å². The molecule has 1 fully saturated rings. The van der Waals surface area contributed by atoms with Crippen LogP contribution >= 0.6 is 0 Å². The van der Waals surface area contributed by atoms with E-state index in [1.165, 1.54) is 6.07 Å². The van der Waals surface area contributed by atoms with Crippen molar-refractivity contribution in [1.29, 1.82) is 0 Å². The van der Waals surface area contributed by atoms with Crippen molar-refractivity contribution in [2.24, 2.45) is 0 Å². The largest absolute Gasteiger partial charge is 1.00 e. The van der Waals surface area contributed by atoms with E-state index in [4.69, 9.17) is 19.7 Å². The van der Waals surface area contributed by atoms with Crippen molar-refractivity contribution in [2.45, 2.75) is 18.8 Å². The van der Waals surface area contributed by atoms with Crippen molar-refractivity contribution in [3.8, 4) is 5.75 Å². The molecular formula is C13H16K2N2O6. The quantitative estimate of drug-likeness (QED) is 0.317. The van der Waals surface area contributed by atoms with Crippen LogP contribution in [0.1, 0.15) is 24.3 Å². The Balaban J connectivity index is 0. The second-order valence-corrected chi connectivity index (χ2v) is 4.46. The average molecular weight is 374 g/mol. The molecule has 1 aromatic rings. The molecular weight excluding hydrogens is 358 g/mol. The van der Waals surface area contributed by atoms with Gasteiger partial charge in [0.05, 0.1) is 12.0 Å². The van der Waals surface area contributed by atoms with Crippen molar-refractivity contribution in [3.63, 3.8) is 0 Å². The van der Waals surface area contributed by atoms with E-state index in [0.29, 0.717) is 5.92 Å². The molecule has 2 rings (SSSR count). The van der Waals surface area contributed by atoms with Gasteiger partial charge in [0, 0.05) is 17.7 Å². The number of ether oxygens (including phenoxy) is 1. The molecule has 10 heteroatoms. The van der Waals surface area contributed by atoms with Crippen molar-refractivity contribution in [1.82, 2.24) is 5.32 Å². The zero-order valence-corrected chi connectivity index (χ0v) is 19.8. The van der Waals surface area contributed by atoms with Crippen LogP contribution in [0.5, 0.6) is 5.75 Å². The van der Waals surface area contributed by atoms with Gasteiger partial charge in [0.15, 0.2) is 0 Å². The molecule has 0 amide bonds. The number of benzene rings is 1. The van der Waals surface area contributed by atoms with E-state index in [9.17, 15) is 10.1 Å². The number of carbonyl (C=O) groups is 1. The predicted molar refractivity (Wildman–Crippen MR) is 69.9 cm³/mol. The van der Waals surface area contributed by atoms with Gasteiger partial charge in [-0.1, -0.05) is 0 Å². The number of carbonyl (C=O) groups excluding carboxylic acids is 1. The third kappa shape index (κ3) is 9.85. The summed E-state index contributed by atoms with van der Waals surface area (Å²) in [5.74, 6) is 1.11. The maximum atomic E-state index is 10.8. The Kier molecular flexibility index (Phi) is 16.1. The maximum Gasteiger partial charge on any atom is 1.00 e. The van der Waals surface area contributed by atoms with Crippen LogP contribution in [0, 0.1) is 10.1 Å². The Labute approximate surface area is 219 Å². The molecule has 116 valence electrons. The van der Waals surface area contributed by atoms with Crippen LogP contribution in [0.3, 0.4) is 0 Å². The van der Waals surface area contributed by atoms with Crippen LogP contribution in [0.25, 0.3) is 0 Å². The third-order valence-corrected chi connectivity index (χ3v) is 3.20. The molecule has 0 spiro atoms. The summed E-state index contributed by atoms with van der Waals surface area (Å²) < 4.78 is 5.29. The topological polar surface area (TPSA) is 128 Å². The summed E-state index contributed by atoms with van der Waals surface area (Å²) in [5, 5.41) is 30.7. The van der Waals surface area contributed by atoms with Crippen LogP contribution in [-0.4, -0.2) is 31.3 Å². The summed E-state index contributed by atoms with van der Waals surface area (Å²) in [7, 11) is 1.60. The number of non-ortho nitro benzene ring substituents is 1. The van der Waals surface area contributed by atoms with Crippen LogP contribution in [-0.2, 0) is 0 Å². The van der Waals surface area contributed by atoms with E-state index in [1.807, 2.05) is 0 Å². The Bertz CT molecular complexity index is 505. The molecule has 23 heavy (non-hydrogen) atoms. The fourth-order valence-corrected chi connectivity index (χ4v) is 2.29. The Hall–Kier alpha value is 0.923. The second kappa shape index (κ2) is 14.1. The molecule has 0 aliphatic carbocycles. The smallest absolute Gasteiger partial charge is 0.652 e. The first kappa shape index (κ1) is 26.2. The van der Waals surface area contributed by atoms with Gasteiger partial charge >= 0.3 is 103 Å². The van der Waals surface area contributed by atoms with E-state index in [-0.39, 0.29) is 113 Å². The third-order valence-electron chi connectivity index (χ3n) is 3.20. The number of piperidine rings is 1. The number of hydrogen-bond donors (Lipinski definition) is 1. The number of rotatable bonds is 3. The van der Waals surface area contributed by atoms with Gasteiger partial charge in [-0.15, -0.1) is 0 Å². The minimum absolute atomic E-state index is 0. The van der Waals surface area contributed by atoms with Crippen LogP contribution in [0.2, 0.25) is 0 Å². The summed E-state index contributed by atoms with van der Waals surface area (Å²) in [4.78, 5) is 18.8. The van der Waals surface area contributed by atoms with E-state index < -0.39 is 6.16 Å². The number of nitrogens with zero attached hydrogens (tertiary/aromatic N) is 1. The molecule has 1 saturated heterocycles. The van der Waals surface area contributed by atoms with Crippen molar-refractivity contribution < 1.29 is 127 Å². The molecule has 1 N–H and O–H groups in total. The SMILES string of the molecule is COc1ccc([N+](=O)[O-])cc1C1CCNCC1.O=C([O-])[O-].[K+].[K+].